The molecule has 3 rings (SSSR count). The van der Waals surface area contributed by atoms with E-state index in [9.17, 15) is 5.11 Å². The quantitative estimate of drug-likeness (QED) is 0.581. The van der Waals surface area contributed by atoms with Gasteiger partial charge in [0.1, 0.15) is 17.3 Å². The summed E-state index contributed by atoms with van der Waals surface area (Å²) in [5, 5.41) is 10.7. The third kappa shape index (κ3) is 4.04. The average molecular weight is 343 g/mol. The van der Waals surface area contributed by atoms with Crippen LogP contribution in [0.1, 0.15) is 89.7 Å². The zero-order chi connectivity index (χ0) is 18.0. The van der Waals surface area contributed by atoms with Crippen molar-refractivity contribution >= 4 is 0 Å². The second-order valence-electron chi connectivity index (χ2n) is 8.45. The van der Waals surface area contributed by atoms with Crippen LogP contribution in [0.2, 0.25) is 0 Å². The van der Waals surface area contributed by atoms with Gasteiger partial charge in [-0.1, -0.05) is 53.4 Å². The first-order valence-corrected chi connectivity index (χ1v) is 10.2. The van der Waals surface area contributed by atoms with Gasteiger partial charge in [0.05, 0.1) is 0 Å². The summed E-state index contributed by atoms with van der Waals surface area (Å²) >= 11 is 0. The van der Waals surface area contributed by atoms with Gasteiger partial charge in [-0.2, -0.15) is 0 Å². The zero-order valence-electron chi connectivity index (χ0n) is 16.4. The molecular formula is C23H34O2. The number of fused-ring (bicyclic) bond motifs is 1. The third-order valence-corrected chi connectivity index (χ3v) is 6.05. The molecule has 3 atom stereocenters. The van der Waals surface area contributed by atoms with Crippen LogP contribution in [0.5, 0.6) is 11.5 Å². The number of unbranched alkanes of at least 4 members (excludes halogenated alkanes) is 2. The van der Waals surface area contributed by atoms with Crippen LogP contribution < -0.4 is 4.74 Å². The topological polar surface area (TPSA) is 29.5 Å². The van der Waals surface area contributed by atoms with Gasteiger partial charge in [0.15, 0.2) is 0 Å². The predicted octanol–water partition coefficient (Wildman–Crippen LogP) is 6.72. The second kappa shape index (κ2) is 7.85. The van der Waals surface area contributed by atoms with Gasteiger partial charge in [-0.3, -0.25) is 0 Å². The van der Waals surface area contributed by atoms with Crippen molar-refractivity contribution in [2.75, 3.05) is 0 Å². The molecule has 0 saturated heterocycles. The number of phenols is 1. The summed E-state index contributed by atoms with van der Waals surface area (Å²) in [6, 6.07) is 4.16. The minimum Gasteiger partial charge on any atom is -0.507 e. The van der Waals surface area contributed by atoms with Crippen LogP contribution in [0.3, 0.4) is 0 Å². The Hall–Kier alpha value is -1.44. The highest BCUT2D eigenvalue weighted by atomic mass is 16.5. The van der Waals surface area contributed by atoms with E-state index in [1.165, 1.54) is 49.0 Å². The van der Waals surface area contributed by atoms with E-state index in [0.717, 1.165) is 30.6 Å². The number of benzene rings is 1. The van der Waals surface area contributed by atoms with E-state index < -0.39 is 0 Å². The molecule has 0 spiro atoms. The summed E-state index contributed by atoms with van der Waals surface area (Å²) in [4.78, 5) is 0. The fraction of sp³-hybridized carbons (Fsp3) is 0.652. The molecule has 1 heterocycles. The van der Waals surface area contributed by atoms with Gasteiger partial charge in [-0.05, 0) is 54.4 Å². The predicted molar refractivity (Wildman–Crippen MR) is 104 cm³/mol. The molecule has 1 aliphatic carbocycles. The standard InChI is InChI=1S/C23H34O2/c1-5-6-7-8-15(2)11-18-13-20(24)23-17(4)19-10-9-16(3)12-21(19)25-22(23)14-18/h13-17,24H,5-12H2,1-4H3. The fourth-order valence-corrected chi connectivity index (χ4v) is 4.52. The lowest BCUT2D eigenvalue weighted by molar-refractivity contribution is 0.308. The highest BCUT2D eigenvalue weighted by molar-refractivity contribution is 5.55. The molecule has 2 nitrogen and oxygen atoms in total. The number of rotatable bonds is 6. The van der Waals surface area contributed by atoms with Crippen LogP contribution in [-0.2, 0) is 6.42 Å². The average Bonchev–Trinajstić information content (AvgIpc) is 2.54. The Morgan fingerprint density at radius 3 is 2.80 bits per heavy atom. The third-order valence-electron chi connectivity index (χ3n) is 6.05. The van der Waals surface area contributed by atoms with Crippen molar-refractivity contribution in [3.8, 4) is 11.5 Å². The first kappa shape index (κ1) is 18.4. The van der Waals surface area contributed by atoms with E-state index in [-0.39, 0.29) is 5.92 Å². The summed E-state index contributed by atoms with van der Waals surface area (Å²) in [6.07, 6.45) is 9.54. The van der Waals surface area contributed by atoms with Gasteiger partial charge >= 0.3 is 0 Å². The Labute approximate surface area is 153 Å². The number of aromatic hydroxyl groups is 1. The number of allylic oxidation sites excluding steroid dienone is 2. The molecule has 1 N–H and O–H groups in total. The normalized spacial score (nSPS) is 23.7. The van der Waals surface area contributed by atoms with Crippen LogP contribution in [0.25, 0.3) is 0 Å². The highest BCUT2D eigenvalue weighted by Crippen LogP contribution is 2.49. The molecule has 0 saturated carbocycles. The highest BCUT2D eigenvalue weighted by Gasteiger charge is 2.32. The van der Waals surface area contributed by atoms with Gasteiger partial charge in [0, 0.05) is 17.9 Å². The monoisotopic (exact) mass is 342 g/mol. The molecule has 0 radical (unpaired) electrons. The smallest absolute Gasteiger partial charge is 0.134 e. The van der Waals surface area contributed by atoms with Crippen molar-refractivity contribution in [3.05, 3.63) is 34.6 Å². The fourth-order valence-electron chi connectivity index (χ4n) is 4.52. The molecule has 1 aromatic rings. The second-order valence-corrected chi connectivity index (χ2v) is 8.45. The lowest BCUT2D eigenvalue weighted by atomic mass is 9.79. The van der Waals surface area contributed by atoms with Crippen LogP contribution >= 0.6 is 0 Å². The molecular weight excluding hydrogens is 308 g/mol. The van der Waals surface area contributed by atoms with E-state index in [1.54, 1.807) is 0 Å². The van der Waals surface area contributed by atoms with Crippen LogP contribution in [0, 0.1) is 11.8 Å². The molecule has 2 heteroatoms. The van der Waals surface area contributed by atoms with Gasteiger partial charge in [-0.15, -0.1) is 0 Å². The van der Waals surface area contributed by atoms with E-state index in [0.29, 0.717) is 17.6 Å². The molecule has 1 aromatic carbocycles. The van der Waals surface area contributed by atoms with E-state index >= 15 is 0 Å². The minimum absolute atomic E-state index is 0.280. The van der Waals surface area contributed by atoms with Crippen molar-refractivity contribution in [1.29, 1.82) is 0 Å². The van der Waals surface area contributed by atoms with Gasteiger partial charge < -0.3 is 9.84 Å². The molecule has 2 aliphatic rings. The minimum atomic E-state index is 0.280. The molecule has 25 heavy (non-hydrogen) atoms. The van der Waals surface area contributed by atoms with Gasteiger partial charge in [0.25, 0.3) is 0 Å². The number of hydrogen-bond acceptors (Lipinski definition) is 2. The SMILES string of the molecule is CCCCCC(C)Cc1cc(O)c2c(c1)OC1=C(CCC(C)C1)C2C. The zero-order valence-corrected chi connectivity index (χ0v) is 16.4. The molecule has 1 aliphatic heterocycles. The van der Waals surface area contributed by atoms with Crippen molar-refractivity contribution in [3.63, 3.8) is 0 Å². The van der Waals surface area contributed by atoms with Crippen LogP contribution in [0.4, 0.5) is 0 Å². The Kier molecular flexibility index (Phi) is 5.76. The molecule has 0 fully saturated rings. The summed E-state index contributed by atoms with van der Waals surface area (Å²) in [5.41, 5.74) is 3.61. The first-order chi connectivity index (χ1) is 12.0. The van der Waals surface area contributed by atoms with Crippen molar-refractivity contribution in [1.82, 2.24) is 0 Å². The summed E-state index contributed by atoms with van der Waals surface area (Å²) in [6.45, 7) is 9.09. The van der Waals surface area contributed by atoms with Crippen molar-refractivity contribution < 1.29 is 9.84 Å². The van der Waals surface area contributed by atoms with Crippen LogP contribution in [-0.4, -0.2) is 5.11 Å². The molecule has 0 bridgehead atoms. The van der Waals surface area contributed by atoms with Crippen molar-refractivity contribution in [2.45, 2.75) is 85.0 Å². The Bertz CT molecular complexity index is 644. The maximum atomic E-state index is 10.7. The maximum Gasteiger partial charge on any atom is 0.134 e. The Morgan fingerprint density at radius 2 is 2.04 bits per heavy atom. The van der Waals surface area contributed by atoms with E-state index in [2.05, 4.69) is 33.8 Å². The van der Waals surface area contributed by atoms with Gasteiger partial charge in [-0.25, -0.2) is 0 Å². The molecule has 0 amide bonds. The summed E-state index contributed by atoms with van der Waals surface area (Å²) in [7, 11) is 0. The van der Waals surface area contributed by atoms with Gasteiger partial charge in [0.2, 0.25) is 0 Å². The lowest BCUT2D eigenvalue weighted by Crippen LogP contribution is -2.20. The lowest BCUT2D eigenvalue weighted by Gasteiger charge is -2.34. The van der Waals surface area contributed by atoms with E-state index in [4.69, 9.17) is 4.74 Å². The number of ether oxygens (including phenoxy) is 1. The van der Waals surface area contributed by atoms with Crippen LogP contribution in [0.15, 0.2) is 23.5 Å². The largest absolute Gasteiger partial charge is 0.507 e. The Balaban J connectivity index is 1.78. The first-order valence-electron chi connectivity index (χ1n) is 10.2. The number of phenolic OH excluding ortho intramolecular Hbond substituents is 1. The summed E-state index contributed by atoms with van der Waals surface area (Å²) in [5.74, 6) is 4.12. The molecule has 3 unspecified atom stereocenters. The Morgan fingerprint density at radius 1 is 1.24 bits per heavy atom. The number of hydrogen-bond donors (Lipinski definition) is 1. The molecule has 0 aromatic heterocycles. The van der Waals surface area contributed by atoms with E-state index in [1.807, 2.05) is 6.07 Å². The van der Waals surface area contributed by atoms with Crippen molar-refractivity contribution in [2.24, 2.45) is 11.8 Å². The molecule has 138 valence electrons. The summed E-state index contributed by atoms with van der Waals surface area (Å²) < 4.78 is 6.30. The maximum absolute atomic E-state index is 10.7.